The van der Waals surface area contributed by atoms with E-state index in [1.54, 1.807) is 12.4 Å². The Kier molecular flexibility index (Phi) is 7.33. The predicted molar refractivity (Wildman–Crippen MR) is 144 cm³/mol. The molecule has 0 unspecified atom stereocenters. The summed E-state index contributed by atoms with van der Waals surface area (Å²) in [6, 6.07) is 15.8. The molecule has 1 N–H and O–H groups in total. The Labute approximate surface area is 216 Å². The first kappa shape index (κ1) is 24.4. The van der Waals surface area contributed by atoms with E-state index < -0.39 is 5.97 Å². The molecule has 0 radical (unpaired) electrons. The number of pyridine rings is 1. The normalized spacial score (nSPS) is 20.4. The summed E-state index contributed by atoms with van der Waals surface area (Å²) in [4.78, 5) is 33.0. The van der Waals surface area contributed by atoms with Crippen molar-refractivity contribution in [3.8, 4) is 10.4 Å². The van der Waals surface area contributed by atoms with Crippen molar-refractivity contribution < 1.29 is 14.7 Å². The number of carbonyl (C=O) groups excluding carboxylic acids is 1. The maximum atomic E-state index is 13.2. The standard InChI is InChI=1S/C30H32N2O3S/c1-20-7-9-22(10-8-20)26-19-32(28(33)17-21-11-14-31-15-12-21)16-13-24(26)25-18-27(36-29(25)30(34)35)23-5-3-2-4-6-23/h2-6,11-12,14-15,18,20,22H,7-10,13,16-17,19H2,1H3,(H,34,35). The van der Waals surface area contributed by atoms with Crippen molar-refractivity contribution in [3.05, 3.63) is 82.5 Å². The van der Waals surface area contributed by atoms with Gasteiger partial charge in [-0.2, -0.15) is 0 Å². The SMILES string of the molecule is CC1CCC(C2=C(c3cc(-c4ccccc4)sc3C(=O)O)CCN(C(=O)Cc3ccncc3)C2)CC1. The largest absolute Gasteiger partial charge is 0.477 e. The van der Waals surface area contributed by atoms with Crippen LogP contribution in [-0.4, -0.2) is 40.0 Å². The van der Waals surface area contributed by atoms with Crippen LogP contribution in [-0.2, 0) is 11.2 Å². The Morgan fingerprint density at radius 3 is 2.47 bits per heavy atom. The third kappa shape index (κ3) is 5.29. The molecule has 5 nitrogen and oxygen atoms in total. The summed E-state index contributed by atoms with van der Waals surface area (Å²) in [5, 5.41) is 10.1. The summed E-state index contributed by atoms with van der Waals surface area (Å²) >= 11 is 1.35. The molecule has 1 amide bonds. The summed E-state index contributed by atoms with van der Waals surface area (Å²) < 4.78 is 0. The minimum atomic E-state index is -0.877. The number of hydrogen-bond acceptors (Lipinski definition) is 4. The molecule has 1 fully saturated rings. The highest BCUT2D eigenvalue weighted by Gasteiger charge is 2.32. The maximum absolute atomic E-state index is 13.2. The van der Waals surface area contributed by atoms with Crippen molar-refractivity contribution in [1.82, 2.24) is 9.88 Å². The second-order valence-electron chi connectivity index (χ2n) is 10.1. The number of carboxylic acids is 1. The number of carbonyl (C=O) groups is 2. The molecule has 1 aliphatic carbocycles. The van der Waals surface area contributed by atoms with E-state index in [9.17, 15) is 14.7 Å². The molecule has 36 heavy (non-hydrogen) atoms. The third-order valence-corrected chi connectivity index (χ3v) is 8.83. The summed E-state index contributed by atoms with van der Waals surface area (Å²) in [5.74, 6) is 0.362. The highest BCUT2D eigenvalue weighted by Crippen LogP contribution is 2.43. The summed E-state index contributed by atoms with van der Waals surface area (Å²) in [6.45, 7) is 3.51. The second kappa shape index (κ2) is 10.8. The van der Waals surface area contributed by atoms with Crippen LogP contribution in [0, 0.1) is 11.8 Å². The molecule has 186 valence electrons. The molecule has 1 aliphatic heterocycles. The van der Waals surface area contributed by atoms with E-state index in [0.29, 0.717) is 36.7 Å². The van der Waals surface area contributed by atoms with Gasteiger partial charge < -0.3 is 10.0 Å². The first-order valence-corrected chi connectivity index (χ1v) is 13.6. The molecule has 2 aromatic heterocycles. The summed E-state index contributed by atoms with van der Waals surface area (Å²) in [5.41, 5.74) is 5.28. The molecule has 3 heterocycles. The van der Waals surface area contributed by atoms with Gasteiger partial charge in [-0.1, -0.05) is 50.1 Å². The number of carboxylic acid groups (broad SMARTS) is 1. The van der Waals surface area contributed by atoms with Crippen molar-refractivity contribution in [2.24, 2.45) is 11.8 Å². The molecule has 5 rings (SSSR count). The van der Waals surface area contributed by atoms with E-state index in [4.69, 9.17) is 0 Å². The Morgan fingerprint density at radius 1 is 1.06 bits per heavy atom. The van der Waals surface area contributed by atoms with Gasteiger partial charge in [0.1, 0.15) is 4.88 Å². The molecule has 6 heteroatoms. The lowest BCUT2D eigenvalue weighted by Crippen LogP contribution is -2.39. The molecule has 1 aromatic carbocycles. The van der Waals surface area contributed by atoms with Crippen LogP contribution in [0.25, 0.3) is 16.0 Å². The molecule has 2 aliphatic rings. The minimum Gasteiger partial charge on any atom is -0.477 e. The van der Waals surface area contributed by atoms with Crippen LogP contribution >= 0.6 is 11.3 Å². The molecule has 3 aromatic rings. The molecular formula is C30H32N2O3S. The Hall–Kier alpha value is -3.25. The van der Waals surface area contributed by atoms with Crippen LogP contribution in [0.4, 0.5) is 0 Å². The number of aromatic carboxylic acids is 1. The fourth-order valence-corrected chi connectivity index (χ4v) is 6.63. The molecule has 0 saturated heterocycles. The van der Waals surface area contributed by atoms with Crippen molar-refractivity contribution in [2.75, 3.05) is 13.1 Å². The van der Waals surface area contributed by atoms with Gasteiger partial charge in [0.2, 0.25) is 5.91 Å². The highest BCUT2D eigenvalue weighted by molar-refractivity contribution is 7.17. The van der Waals surface area contributed by atoms with Gasteiger partial charge in [0, 0.05) is 35.9 Å². The quantitative estimate of drug-likeness (QED) is 0.416. The lowest BCUT2D eigenvalue weighted by molar-refractivity contribution is -0.130. The number of aromatic nitrogens is 1. The Balaban J connectivity index is 1.51. The average molecular weight is 501 g/mol. The third-order valence-electron chi connectivity index (χ3n) is 7.66. The second-order valence-corrected chi connectivity index (χ2v) is 11.1. The van der Waals surface area contributed by atoms with Crippen molar-refractivity contribution >= 4 is 28.8 Å². The molecule has 1 saturated carbocycles. The van der Waals surface area contributed by atoms with Gasteiger partial charge in [-0.25, -0.2) is 4.79 Å². The van der Waals surface area contributed by atoms with E-state index in [0.717, 1.165) is 45.9 Å². The minimum absolute atomic E-state index is 0.121. The van der Waals surface area contributed by atoms with Crippen LogP contribution in [0.3, 0.4) is 0 Å². The zero-order valence-corrected chi connectivity index (χ0v) is 21.5. The number of amides is 1. The van der Waals surface area contributed by atoms with Gasteiger partial charge in [-0.15, -0.1) is 11.3 Å². The van der Waals surface area contributed by atoms with Crippen LogP contribution in [0.15, 0.2) is 66.5 Å². The smallest absolute Gasteiger partial charge is 0.346 e. The first-order valence-electron chi connectivity index (χ1n) is 12.8. The number of hydrogen-bond donors (Lipinski definition) is 1. The van der Waals surface area contributed by atoms with Gasteiger partial charge in [0.15, 0.2) is 0 Å². The lowest BCUT2D eigenvalue weighted by Gasteiger charge is -2.37. The zero-order valence-electron chi connectivity index (χ0n) is 20.7. The lowest BCUT2D eigenvalue weighted by atomic mass is 9.75. The van der Waals surface area contributed by atoms with E-state index >= 15 is 0 Å². The predicted octanol–water partition coefficient (Wildman–Crippen LogP) is 6.56. The molecule has 0 atom stereocenters. The van der Waals surface area contributed by atoms with E-state index in [2.05, 4.69) is 18.0 Å². The van der Waals surface area contributed by atoms with E-state index in [1.807, 2.05) is 47.4 Å². The van der Waals surface area contributed by atoms with Crippen molar-refractivity contribution in [2.45, 2.75) is 45.4 Å². The van der Waals surface area contributed by atoms with E-state index in [-0.39, 0.29) is 5.91 Å². The number of benzene rings is 1. The Bertz CT molecular complexity index is 1260. The molecule has 0 bridgehead atoms. The van der Waals surface area contributed by atoms with Crippen LogP contribution in [0.5, 0.6) is 0 Å². The zero-order chi connectivity index (χ0) is 25.1. The van der Waals surface area contributed by atoms with Crippen LogP contribution < -0.4 is 0 Å². The monoisotopic (exact) mass is 500 g/mol. The van der Waals surface area contributed by atoms with Gasteiger partial charge in [0.05, 0.1) is 6.42 Å². The van der Waals surface area contributed by atoms with Crippen molar-refractivity contribution in [3.63, 3.8) is 0 Å². The molecular weight excluding hydrogens is 468 g/mol. The first-order chi connectivity index (χ1) is 17.5. The average Bonchev–Trinajstić information content (AvgIpc) is 3.36. The topological polar surface area (TPSA) is 70.5 Å². The number of nitrogens with zero attached hydrogens (tertiary/aromatic N) is 2. The van der Waals surface area contributed by atoms with Gasteiger partial charge in [-0.05, 0) is 71.6 Å². The fourth-order valence-electron chi connectivity index (χ4n) is 5.60. The van der Waals surface area contributed by atoms with E-state index in [1.165, 1.54) is 29.8 Å². The van der Waals surface area contributed by atoms with Crippen LogP contribution in [0.2, 0.25) is 0 Å². The maximum Gasteiger partial charge on any atom is 0.346 e. The summed E-state index contributed by atoms with van der Waals surface area (Å²) in [7, 11) is 0. The fraction of sp³-hybridized carbons (Fsp3) is 0.367. The van der Waals surface area contributed by atoms with Gasteiger partial charge in [0.25, 0.3) is 0 Å². The van der Waals surface area contributed by atoms with Crippen molar-refractivity contribution in [1.29, 1.82) is 0 Å². The van der Waals surface area contributed by atoms with Gasteiger partial charge in [-0.3, -0.25) is 9.78 Å². The number of rotatable bonds is 6. The van der Waals surface area contributed by atoms with Gasteiger partial charge >= 0.3 is 5.97 Å². The number of thiophene rings is 1. The molecule has 0 spiro atoms. The Morgan fingerprint density at radius 2 is 1.78 bits per heavy atom. The van der Waals surface area contributed by atoms with Crippen LogP contribution in [0.1, 0.15) is 59.8 Å². The summed E-state index contributed by atoms with van der Waals surface area (Å²) in [6.07, 6.45) is 9.06. The highest BCUT2D eigenvalue weighted by atomic mass is 32.1.